The zero-order chi connectivity index (χ0) is 18.0. The van der Waals surface area contributed by atoms with Crippen LogP contribution in [0, 0.1) is 0 Å². The van der Waals surface area contributed by atoms with Crippen LogP contribution in [0.2, 0.25) is 0 Å². The number of likely N-dealkylation sites (N-methyl/N-ethyl adjacent to an activating group) is 1. The van der Waals surface area contributed by atoms with E-state index < -0.39 is 10.0 Å². The molecule has 1 amide bonds. The summed E-state index contributed by atoms with van der Waals surface area (Å²) in [5.41, 5.74) is 1.04. The van der Waals surface area contributed by atoms with Crippen LogP contribution in [0.15, 0.2) is 29.2 Å². The fourth-order valence-corrected chi connectivity index (χ4v) is 3.72. The van der Waals surface area contributed by atoms with E-state index in [2.05, 4.69) is 26.1 Å². The molecule has 1 aliphatic rings. The van der Waals surface area contributed by atoms with Gasteiger partial charge in [0.15, 0.2) is 0 Å². The lowest BCUT2D eigenvalue weighted by molar-refractivity contribution is -0.131. The van der Waals surface area contributed by atoms with Crippen molar-refractivity contribution >= 4 is 15.9 Å². The number of benzene rings is 1. The van der Waals surface area contributed by atoms with Crippen molar-refractivity contribution in [2.75, 3.05) is 39.8 Å². The first-order chi connectivity index (χ1) is 11.1. The van der Waals surface area contributed by atoms with E-state index in [4.69, 9.17) is 0 Å². The van der Waals surface area contributed by atoms with Gasteiger partial charge in [-0.2, -0.15) is 4.31 Å². The van der Waals surface area contributed by atoms with Crippen LogP contribution in [0.4, 0.5) is 0 Å². The lowest BCUT2D eigenvalue weighted by atomic mass is 9.87. The molecular formula is C17H27N3O3S. The predicted octanol–water partition coefficient (Wildman–Crippen LogP) is 1.04. The van der Waals surface area contributed by atoms with E-state index in [-0.39, 0.29) is 22.8 Å². The summed E-state index contributed by atoms with van der Waals surface area (Å²) in [5.74, 6) is -0.158. The number of hydrogen-bond donors (Lipinski definition) is 1. The van der Waals surface area contributed by atoms with E-state index in [1.54, 1.807) is 17.0 Å². The molecule has 7 heteroatoms. The van der Waals surface area contributed by atoms with Crippen LogP contribution in [0.5, 0.6) is 0 Å². The normalized spacial score (nSPS) is 16.5. The van der Waals surface area contributed by atoms with Crippen LogP contribution in [0.1, 0.15) is 26.3 Å². The van der Waals surface area contributed by atoms with E-state index in [0.717, 1.165) is 23.0 Å². The number of hydrogen-bond acceptors (Lipinski definition) is 4. The number of piperazine rings is 1. The molecule has 1 aromatic rings. The van der Waals surface area contributed by atoms with Crippen LogP contribution in [-0.4, -0.2) is 63.3 Å². The third-order valence-electron chi connectivity index (χ3n) is 4.26. The summed E-state index contributed by atoms with van der Waals surface area (Å²) >= 11 is 0. The van der Waals surface area contributed by atoms with Crippen molar-refractivity contribution in [3.05, 3.63) is 29.8 Å². The zero-order valence-electron chi connectivity index (χ0n) is 14.9. The number of rotatable bonds is 4. The average Bonchev–Trinajstić information content (AvgIpc) is 2.54. The Balaban J connectivity index is 2.09. The molecule has 1 N–H and O–H groups in total. The van der Waals surface area contributed by atoms with Gasteiger partial charge >= 0.3 is 0 Å². The van der Waals surface area contributed by atoms with Gasteiger partial charge in [0.25, 0.3) is 0 Å². The minimum Gasteiger partial charge on any atom is -0.339 e. The topological polar surface area (TPSA) is 69.7 Å². The Kier molecular flexibility index (Phi) is 5.67. The molecule has 6 nitrogen and oxygen atoms in total. The molecule has 1 fully saturated rings. The van der Waals surface area contributed by atoms with Crippen molar-refractivity contribution in [2.24, 2.45) is 0 Å². The molecule has 0 unspecified atom stereocenters. The molecule has 1 aromatic carbocycles. The molecule has 0 atom stereocenters. The summed E-state index contributed by atoms with van der Waals surface area (Å²) in [5, 5.41) is 3.17. The zero-order valence-corrected chi connectivity index (χ0v) is 15.7. The molecule has 1 saturated heterocycles. The number of amides is 1. The van der Waals surface area contributed by atoms with Gasteiger partial charge in [-0.15, -0.1) is 0 Å². The second-order valence-corrected chi connectivity index (χ2v) is 9.21. The number of carbonyl (C=O) groups excluding carboxylic acids is 1. The smallest absolute Gasteiger partial charge is 0.243 e. The molecule has 0 aromatic heterocycles. The van der Waals surface area contributed by atoms with E-state index in [0.29, 0.717) is 13.1 Å². The number of nitrogens with one attached hydrogen (secondary N) is 1. The molecule has 1 heterocycles. The highest BCUT2D eigenvalue weighted by Crippen LogP contribution is 2.24. The van der Waals surface area contributed by atoms with Gasteiger partial charge in [-0.3, -0.25) is 4.79 Å². The number of sulfonamides is 1. The van der Waals surface area contributed by atoms with Gasteiger partial charge in [0.2, 0.25) is 15.9 Å². The van der Waals surface area contributed by atoms with Gasteiger partial charge in [0, 0.05) is 33.2 Å². The Hall–Kier alpha value is -1.44. The second kappa shape index (κ2) is 7.21. The van der Waals surface area contributed by atoms with Crippen LogP contribution >= 0.6 is 0 Å². The predicted molar refractivity (Wildman–Crippen MR) is 94.4 cm³/mol. The number of nitrogens with zero attached hydrogens (tertiary/aromatic N) is 2. The standard InChI is InChI=1S/C17H27N3O3S/c1-17(2,3)14-5-7-15(8-6-14)24(22,23)19(4)13-16(21)20-11-9-18-10-12-20/h5-8,18H,9-13H2,1-4H3. The van der Waals surface area contributed by atoms with Gasteiger partial charge in [-0.1, -0.05) is 32.9 Å². The van der Waals surface area contributed by atoms with Crippen molar-refractivity contribution in [2.45, 2.75) is 31.1 Å². The molecule has 0 saturated carbocycles. The van der Waals surface area contributed by atoms with Crippen molar-refractivity contribution in [3.63, 3.8) is 0 Å². The van der Waals surface area contributed by atoms with Crippen molar-refractivity contribution < 1.29 is 13.2 Å². The third-order valence-corrected chi connectivity index (χ3v) is 6.07. The quantitative estimate of drug-likeness (QED) is 0.878. The van der Waals surface area contributed by atoms with Gasteiger partial charge in [0.05, 0.1) is 11.4 Å². The van der Waals surface area contributed by atoms with E-state index >= 15 is 0 Å². The Bertz CT molecular complexity index is 672. The summed E-state index contributed by atoms with van der Waals surface area (Å²) in [6.07, 6.45) is 0. The summed E-state index contributed by atoms with van der Waals surface area (Å²) in [7, 11) is -2.21. The highest BCUT2D eigenvalue weighted by molar-refractivity contribution is 7.89. The second-order valence-electron chi connectivity index (χ2n) is 7.17. The maximum Gasteiger partial charge on any atom is 0.243 e. The Morgan fingerprint density at radius 2 is 1.71 bits per heavy atom. The molecule has 0 radical (unpaired) electrons. The molecule has 0 spiro atoms. The van der Waals surface area contributed by atoms with E-state index in [1.165, 1.54) is 7.05 Å². The third kappa shape index (κ3) is 4.34. The Morgan fingerprint density at radius 1 is 1.17 bits per heavy atom. The van der Waals surface area contributed by atoms with Gasteiger partial charge in [0.1, 0.15) is 0 Å². The van der Waals surface area contributed by atoms with Gasteiger partial charge in [-0.25, -0.2) is 8.42 Å². The molecule has 0 bridgehead atoms. The lowest BCUT2D eigenvalue weighted by Crippen LogP contribution is -2.49. The monoisotopic (exact) mass is 353 g/mol. The lowest BCUT2D eigenvalue weighted by Gasteiger charge is -2.29. The molecule has 24 heavy (non-hydrogen) atoms. The van der Waals surface area contributed by atoms with Crippen molar-refractivity contribution in [1.29, 1.82) is 0 Å². The first kappa shape index (κ1) is 18.9. The molecule has 134 valence electrons. The van der Waals surface area contributed by atoms with Crippen molar-refractivity contribution in [1.82, 2.24) is 14.5 Å². The van der Waals surface area contributed by atoms with Crippen LogP contribution in [0.25, 0.3) is 0 Å². The molecule has 2 rings (SSSR count). The fraction of sp³-hybridized carbons (Fsp3) is 0.588. The minimum atomic E-state index is -3.66. The molecule has 1 aliphatic heterocycles. The fourth-order valence-electron chi connectivity index (χ4n) is 2.60. The summed E-state index contributed by atoms with van der Waals surface area (Å²) in [6.45, 7) is 8.83. The SMILES string of the molecule is CN(CC(=O)N1CCNCC1)S(=O)(=O)c1ccc(C(C)(C)C)cc1. The van der Waals surface area contributed by atoms with Crippen LogP contribution in [0.3, 0.4) is 0 Å². The largest absolute Gasteiger partial charge is 0.339 e. The summed E-state index contributed by atoms with van der Waals surface area (Å²) in [4.78, 5) is 14.2. The Morgan fingerprint density at radius 3 is 2.21 bits per heavy atom. The Labute approximate surface area is 144 Å². The van der Waals surface area contributed by atoms with Crippen LogP contribution in [-0.2, 0) is 20.2 Å². The van der Waals surface area contributed by atoms with E-state index in [9.17, 15) is 13.2 Å². The highest BCUT2D eigenvalue weighted by atomic mass is 32.2. The molecular weight excluding hydrogens is 326 g/mol. The first-order valence-electron chi connectivity index (χ1n) is 8.18. The molecule has 0 aliphatic carbocycles. The maximum atomic E-state index is 12.7. The number of carbonyl (C=O) groups is 1. The minimum absolute atomic E-state index is 0.0353. The maximum absolute atomic E-state index is 12.7. The van der Waals surface area contributed by atoms with Gasteiger partial charge < -0.3 is 10.2 Å². The summed E-state index contributed by atoms with van der Waals surface area (Å²) in [6, 6.07) is 6.89. The average molecular weight is 353 g/mol. The highest BCUT2D eigenvalue weighted by Gasteiger charge is 2.26. The first-order valence-corrected chi connectivity index (χ1v) is 9.62. The van der Waals surface area contributed by atoms with Gasteiger partial charge in [-0.05, 0) is 23.1 Å². The summed E-state index contributed by atoms with van der Waals surface area (Å²) < 4.78 is 26.4. The van der Waals surface area contributed by atoms with Crippen LogP contribution < -0.4 is 5.32 Å². The van der Waals surface area contributed by atoms with Crippen molar-refractivity contribution in [3.8, 4) is 0 Å². The van der Waals surface area contributed by atoms with E-state index in [1.807, 2.05) is 12.1 Å².